The number of ketones is 1. The zero-order valence-electron chi connectivity index (χ0n) is 18.6. The highest BCUT2D eigenvalue weighted by molar-refractivity contribution is 7.88. The van der Waals surface area contributed by atoms with Crippen molar-refractivity contribution >= 4 is 62.0 Å². The molecular formula is C22H27Cl3N2O5S. The van der Waals surface area contributed by atoms with E-state index >= 15 is 0 Å². The Kier molecular flexibility index (Phi) is 10.6. The van der Waals surface area contributed by atoms with Crippen LogP contribution in [-0.4, -0.2) is 52.1 Å². The molecule has 0 aliphatic carbocycles. The molecule has 33 heavy (non-hydrogen) atoms. The van der Waals surface area contributed by atoms with E-state index in [1.165, 1.54) is 0 Å². The van der Waals surface area contributed by atoms with Crippen molar-refractivity contribution in [3.8, 4) is 11.5 Å². The van der Waals surface area contributed by atoms with Gasteiger partial charge in [0.1, 0.15) is 12.4 Å². The van der Waals surface area contributed by atoms with Crippen molar-refractivity contribution in [3.63, 3.8) is 0 Å². The average molecular weight is 538 g/mol. The molecular weight excluding hydrogens is 511 g/mol. The predicted molar refractivity (Wildman–Crippen MR) is 134 cm³/mol. The minimum Gasteiger partial charge on any atom is -0.490 e. The third kappa shape index (κ3) is 8.87. The summed E-state index contributed by atoms with van der Waals surface area (Å²) < 4.78 is 35.4. The first-order valence-electron chi connectivity index (χ1n) is 10.2. The molecule has 0 saturated carbocycles. The molecule has 0 spiro atoms. The molecule has 0 aliphatic heterocycles. The maximum Gasteiger partial charge on any atom is 0.209 e. The monoisotopic (exact) mass is 536 g/mol. The molecule has 1 N–H and O–H groups in total. The summed E-state index contributed by atoms with van der Waals surface area (Å²) in [5.41, 5.74) is 1.66. The Morgan fingerprint density at radius 1 is 1.06 bits per heavy atom. The van der Waals surface area contributed by atoms with Crippen LogP contribution in [0.2, 0.25) is 10.0 Å². The van der Waals surface area contributed by atoms with Crippen molar-refractivity contribution in [1.29, 1.82) is 0 Å². The molecule has 182 valence electrons. The van der Waals surface area contributed by atoms with E-state index in [0.717, 1.165) is 17.6 Å². The van der Waals surface area contributed by atoms with Gasteiger partial charge in [0.05, 0.1) is 29.5 Å². The first-order chi connectivity index (χ1) is 15.5. The highest BCUT2D eigenvalue weighted by atomic mass is 35.5. The van der Waals surface area contributed by atoms with Crippen LogP contribution in [0.25, 0.3) is 0 Å². The summed E-state index contributed by atoms with van der Waals surface area (Å²) in [6.45, 7) is 3.93. The van der Waals surface area contributed by atoms with Crippen molar-refractivity contribution in [2.24, 2.45) is 0 Å². The van der Waals surface area contributed by atoms with Crippen molar-refractivity contribution in [2.45, 2.75) is 26.3 Å². The number of hydrogen-bond acceptors (Lipinski definition) is 6. The van der Waals surface area contributed by atoms with Crippen LogP contribution >= 0.6 is 34.8 Å². The predicted octanol–water partition coefficient (Wildman–Crippen LogP) is 5.04. The molecule has 2 aromatic carbocycles. The van der Waals surface area contributed by atoms with Gasteiger partial charge in [0, 0.05) is 23.3 Å². The van der Waals surface area contributed by atoms with E-state index in [-0.39, 0.29) is 25.0 Å². The largest absolute Gasteiger partial charge is 0.490 e. The minimum atomic E-state index is -3.43. The Morgan fingerprint density at radius 2 is 1.67 bits per heavy atom. The van der Waals surface area contributed by atoms with Crippen LogP contribution in [-0.2, 0) is 14.8 Å². The van der Waals surface area contributed by atoms with E-state index < -0.39 is 10.0 Å². The molecule has 2 rings (SSSR count). The summed E-state index contributed by atoms with van der Waals surface area (Å²) in [6, 6.07) is 10.8. The van der Waals surface area contributed by atoms with Gasteiger partial charge in [-0.3, -0.25) is 4.79 Å². The van der Waals surface area contributed by atoms with E-state index in [9.17, 15) is 13.2 Å². The molecule has 0 amide bonds. The minimum absolute atomic E-state index is 0.0792. The number of ether oxygens (including phenoxy) is 2. The number of nitrogens with one attached hydrogen (secondary N) is 1. The van der Waals surface area contributed by atoms with Gasteiger partial charge in [0.25, 0.3) is 0 Å². The van der Waals surface area contributed by atoms with E-state index in [4.69, 9.17) is 44.3 Å². The molecule has 0 unspecified atom stereocenters. The summed E-state index contributed by atoms with van der Waals surface area (Å²) in [6.07, 6.45) is 1.67. The normalized spacial score (nSPS) is 11.5. The third-order valence-electron chi connectivity index (χ3n) is 4.35. The first kappa shape index (κ1) is 27.5. The Hall–Kier alpha value is -1.71. The topological polar surface area (TPSA) is 84.9 Å². The summed E-state index contributed by atoms with van der Waals surface area (Å²) in [4.78, 5) is 13.8. The molecule has 0 fully saturated rings. The highest BCUT2D eigenvalue weighted by Crippen LogP contribution is 2.40. The van der Waals surface area contributed by atoms with Gasteiger partial charge in [-0.15, -0.1) is 11.6 Å². The van der Waals surface area contributed by atoms with Crippen LogP contribution < -0.4 is 19.1 Å². The van der Waals surface area contributed by atoms with Gasteiger partial charge in [-0.2, -0.15) is 0 Å². The Morgan fingerprint density at radius 3 is 2.18 bits per heavy atom. The van der Waals surface area contributed by atoms with Crippen molar-refractivity contribution in [2.75, 3.05) is 36.8 Å². The van der Waals surface area contributed by atoms with Crippen LogP contribution in [0, 0.1) is 0 Å². The molecule has 0 aliphatic rings. The molecule has 7 nitrogen and oxygen atoms in total. The quantitative estimate of drug-likeness (QED) is 0.284. The summed E-state index contributed by atoms with van der Waals surface area (Å²) in [7, 11) is -3.43. The van der Waals surface area contributed by atoms with E-state index in [2.05, 4.69) is 4.72 Å². The summed E-state index contributed by atoms with van der Waals surface area (Å²) in [5, 5.41) is 0.804. The van der Waals surface area contributed by atoms with Gasteiger partial charge in [0.15, 0.2) is 11.5 Å². The number of sulfonamides is 1. The molecule has 2 aromatic rings. The fourth-order valence-electron chi connectivity index (χ4n) is 2.93. The fourth-order valence-corrected chi connectivity index (χ4v) is 4.04. The molecule has 0 heterocycles. The standard InChI is InChI=1S/C22H27Cl3N2O5S/c1-15(2)27(17-11-20(24)22(21(25)12-17)31-10-4-9-23)16-5-7-19(8-6-16)32-14-18(28)13-26-33(3,29)30/h5-8,11-12,15,26H,4,9-10,13-14H2,1-3H3. The number of rotatable bonds is 13. The molecule has 0 saturated heterocycles. The smallest absolute Gasteiger partial charge is 0.209 e. The van der Waals surface area contributed by atoms with Crippen LogP contribution in [0.5, 0.6) is 11.5 Å². The number of benzene rings is 2. The number of anilines is 2. The maximum absolute atomic E-state index is 11.8. The molecule has 0 bridgehead atoms. The molecule has 0 aromatic heterocycles. The highest BCUT2D eigenvalue weighted by Gasteiger charge is 2.18. The van der Waals surface area contributed by atoms with Crippen LogP contribution in [0.1, 0.15) is 20.3 Å². The van der Waals surface area contributed by atoms with E-state index in [1.54, 1.807) is 24.3 Å². The van der Waals surface area contributed by atoms with Crippen LogP contribution in [0.3, 0.4) is 0 Å². The van der Waals surface area contributed by atoms with E-state index in [1.807, 2.05) is 30.9 Å². The second kappa shape index (κ2) is 12.7. The average Bonchev–Trinajstić information content (AvgIpc) is 2.73. The number of carbonyl (C=O) groups is 1. The Bertz CT molecular complexity index is 1020. The number of hydrogen-bond donors (Lipinski definition) is 1. The fraction of sp³-hybridized carbons (Fsp3) is 0.409. The number of alkyl halides is 1. The van der Waals surface area contributed by atoms with Crippen molar-refractivity contribution in [1.82, 2.24) is 4.72 Å². The lowest BCUT2D eigenvalue weighted by atomic mass is 10.1. The number of carbonyl (C=O) groups excluding carboxylic acids is 1. The number of nitrogens with zero attached hydrogens (tertiary/aromatic N) is 1. The van der Waals surface area contributed by atoms with Crippen LogP contribution in [0.4, 0.5) is 11.4 Å². The third-order valence-corrected chi connectivity index (χ3v) is 5.85. The van der Waals surface area contributed by atoms with Gasteiger partial charge >= 0.3 is 0 Å². The Labute approximate surface area is 210 Å². The number of Topliss-reactive ketones (excluding diaryl/α,β-unsaturated/α-hetero) is 1. The lowest BCUT2D eigenvalue weighted by molar-refractivity contribution is -0.119. The molecule has 0 radical (unpaired) electrons. The van der Waals surface area contributed by atoms with E-state index in [0.29, 0.717) is 40.5 Å². The van der Waals surface area contributed by atoms with Gasteiger partial charge in [-0.25, -0.2) is 13.1 Å². The second-order valence-electron chi connectivity index (χ2n) is 7.51. The zero-order chi connectivity index (χ0) is 24.6. The number of halogens is 3. The van der Waals surface area contributed by atoms with Gasteiger partial charge in [-0.05, 0) is 56.7 Å². The maximum atomic E-state index is 11.8. The van der Waals surface area contributed by atoms with Gasteiger partial charge in [0.2, 0.25) is 10.0 Å². The second-order valence-corrected chi connectivity index (χ2v) is 10.5. The van der Waals surface area contributed by atoms with Crippen molar-refractivity contribution < 1.29 is 22.7 Å². The summed E-state index contributed by atoms with van der Waals surface area (Å²) in [5.74, 6) is 1.01. The molecule has 11 heteroatoms. The zero-order valence-corrected chi connectivity index (χ0v) is 21.7. The van der Waals surface area contributed by atoms with Crippen LogP contribution in [0.15, 0.2) is 36.4 Å². The SMILES string of the molecule is CC(C)N(c1ccc(OCC(=O)CNS(C)(=O)=O)cc1)c1cc(Cl)c(OCCCCl)c(Cl)c1. The lowest BCUT2D eigenvalue weighted by Crippen LogP contribution is -2.31. The first-order valence-corrected chi connectivity index (χ1v) is 13.4. The van der Waals surface area contributed by atoms with Gasteiger partial charge in [-0.1, -0.05) is 23.2 Å². The molecule has 0 atom stereocenters. The van der Waals surface area contributed by atoms with Gasteiger partial charge < -0.3 is 14.4 Å². The lowest BCUT2D eigenvalue weighted by Gasteiger charge is -2.30. The summed E-state index contributed by atoms with van der Waals surface area (Å²) >= 11 is 18.6. The van der Waals surface area contributed by atoms with Crippen molar-refractivity contribution in [3.05, 3.63) is 46.4 Å². The Balaban J connectivity index is 2.13.